The maximum atomic E-state index is 13.3. The Bertz CT molecular complexity index is 947. The van der Waals surface area contributed by atoms with Gasteiger partial charge in [0.05, 0.1) is 18.4 Å². The molecule has 0 bridgehead atoms. The molecule has 5 nitrogen and oxygen atoms in total. The first-order valence-corrected chi connectivity index (χ1v) is 11.2. The minimum Gasteiger partial charge on any atom is -0.494 e. The van der Waals surface area contributed by atoms with Crippen LogP contribution in [0.25, 0.3) is 0 Å². The van der Waals surface area contributed by atoms with Gasteiger partial charge in [-0.05, 0) is 55.8 Å². The van der Waals surface area contributed by atoms with E-state index in [1.807, 2.05) is 31.2 Å². The predicted octanol–water partition coefficient (Wildman–Crippen LogP) is 4.13. The summed E-state index contributed by atoms with van der Waals surface area (Å²) in [7, 11) is -3.29. The number of carbonyl (C=O) groups excluding carboxylic acids is 1. The lowest BCUT2D eigenvalue weighted by Gasteiger charge is -2.28. The highest BCUT2D eigenvalue weighted by Gasteiger charge is 2.32. The van der Waals surface area contributed by atoms with E-state index < -0.39 is 15.9 Å². The van der Waals surface area contributed by atoms with Crippen molar-refractivity contribution in [2.45, 2.75) is 32.7 Å². The fourth-order valence-electron chi connectivity index (χ4n) is 3.05. The van der Waals surface area contributed by atoms with Gasteiger partial charge in [0.1, 0.15) is 5.75 Å². The molecule has 1 amide bonds. The van der Waals surface area contributed by atoms with Crippen LogP contribution < -0.4 is 9.64 Å². The van der Waals surface area contributed by atoms with Gasteiger partial charge < -0.3 is 9.64 Å². The lowest BCUT2D eigenvalue weighted by molar-refractivity contribution is 0.0983. The first kappa shape index (κ1) is 20.1. The smallest absolute Gasteiger partial charge is 0.258 e. The zero-order chi connectivity index (χ0) is 20.1. The molecule has 0 fully saturated rings. The van der Waals surface area contributed by atoms with Gasteiger partial charge >= 0.3 is 0 Å². The van der Waals surface area contributed by atoms with Gasteiger partial charge in [-0.25, -0.2) is 8.42 Å². The van der Waals surface area contributed by atoms with E-state index in [0.29, 0.717) is 17.9 Å². The standard InChI is InChI=1S/C22H25NO4S/c1-3-4-14-27-21-11-7-18(8-12-21)22(24)23(19-9-5-17(2)6-10-19)20-13-15-28(25,26)16-20/h5-13,15,20H,3-4,14,16H2,1-2H3. The maximum absolute atomic E-state index is 13.3. The highest BCUT2D eigenvalue weighted by Crippen LogP contribution is 2.26. The summed E-state index contributed by atoms with van der Waals surface area (Å²) >= 11 is 0. The van der Waals surface area contributed by atoms with E-state index in [0.717, 1.165) is 24.2 Å². The first-order chi connectivity index (χ1) is 13.4. The van der Waals surface area contributed by atoms with Crippen molar-refractivity contribution in [3.63, 3.8) is 0 Å². The summed E-state index contributed by atoms with van der Waals surface area (Å²) in [5, 5.41) is 1.19. The average Bonchev–Trinajstić information content (AvgIpc) is 3.03. The number of hydrogen-bond acceptors (Lipinski definition) is 4. The van der Waals surface area contributed by atoms with Crippen LogP contribution in [0.2, 0.25) is 0 Å². The largest absolute Gasteiger partial charge is 0.494 e. The zero-order valence-electron chi connectivity index (χ0n) is 16.2. The summed E-state index contributed by atoms with van der Waals surface area (Å²) in [5.41, 5.74) is 2.23. The number of unbranched alkanes of at least 4 members (excludes halogenated alkanes) is 1. The number of ether oxygens (including phenoxy) is 1. The topological polar surface area (TPSA) is 63.7 Å². The predicted molar refractivity (Wildman–Crippen MR) is 112 cm³/mol. The van der Waals surface area contributed by atoms with Crippen LogP contribution in [0.4, 0.5) is 5.69 Å². The Morgan fingerprint density at radius 3 is 2.36 bits per heavy atom. The molecule has 148 valence electrons. The molecule has 1 heterocycles. The quantitative estimate of drug-likeness (QED) is 0.657. The average molecular weight is 400 g/mol. The Hall–Kier alpha value is -2.60. The summed E-state index contributed by atoms with van der Waals surface area (Å²) < 4.78 is 29.5. The van der Waals surface area contributed by atoms with Gasteiger partial charge in [-0.3, -0.25) is 4.79 Å². The second-order valence-electron chi connectivity index (χ2n) is 6.96. The molecular formula is C22H25NO4S. The Balaban J connectivity index is 1.86. The van der Waals surface area contributed by atoms with E-state index in [1.54, 1.807) is 35.2 Å². The third kappa shape index (κ3) is 4.81. The number of benzene rings is 2. The minimum absolute atomic E-state index is 0.106. The highest BCUT2D eigenvalue weighted by molar-refractivity contribution is 7.94. The minimum atomic E-state index is -3.29. The summed E-state index contributed by atoms with van der Waals surface area (Å²) in [5.74, 6) is 0.371. The third-order valence-electron chi connectivity index (χ3n) is 4.64. The van der Waals surface area contributed by atoms with E-state index in [4.69, 9.17) is 4.74 Å². The molecule has 28 heavy (non-hydrogen) atoms. The van der Waals surface area contributed by atoms with Crippen molar-refractivity contribution >= 4 is 21.4 Å². The molecule has 0 aromatic heterocycles. The fourth-order valence-corrected chi connectivity index (χ4v) is 4.32. The number of nitrogens with zero attached hydrogens (tertiary/aromatic N) is 1. The Morgan fingerprint density at radius 1 is 1.11 bits per heavy atom. The lowest BCUT2D eigenvalue weighted by Crippen LogP contribution is -2.41. The Morgan fingerprint density at radius 2 is 1.79 bits per heavy atom. The molecule has 2 aromatic carbocycles. The first-order valence-electron chi connectivity index (χ1n) is 9.43. The normalized spacial score (nSPS) is 17.4. The Kier molecular flexibility index (Phi) is 6.19. The molecule has 0 saturated heterocycles. The van der Waals surface area contributed by atoms with Gasteiger partial charge in [0, 0.05) is 16.7 Å². The van der Waals surface area contributed by atoms with Crippen molar-refractivity contribution < 1.29 is 17.9 Å². The van der Waals surface area contributed by atoms with Crippen molar-refractivity contribution in [3.05, 3.63) is 71.1 Å². The van der Waals surface area contributed by atoms with Gasteiger partial charge in [0.25, 0.3) is 5.91 Å². The number of sulfone groups is 1. The molecule has 3 rings (SSSR count). The summed E-state index contributed by atoms with van der Waals surface area (Å²) in [6.45, 7) is 4.71. The second kappa shape index (κ2) is 8.61. The fraction of sp³-hybridized carbons (Fsp3) is 0.318. The summed E-state index contributed by atoms with van der Waals surface area (Å²) in [6.07, 6.45) is 3.61. The molecule has 1 aliphatic rings. The molecule has 0 saturated carbocycles. The van der Waals surface area contributed by atoms with Crippen LogP contribution in [0.1, 0.15) is 35.7 Å². The van der Waals surface area contributed by atoms with E-state index in [9.17, 15) is 13.2 Å². The van der Waals surface area contributed by atoms with Crippen LogP contribution in [-0.4, -0.2) is 32.7 Å². The monoisotopic (exact) mass is 399 g/mol. The molecule has 0 aliphatic carbocycles. The van der Waals surface area contributed by atoms with E-state index in [1.165, 1.54) is 5.41 Å². The number of aryl methyl sites for hydroxylation is 1. The second-order valence-corrected chi connectivity index (χ2v) is 8.89. The van der Waals surface area contributed by atoms with Crippen LogP contribution in [-0.2, 0) is 9.84 Å². The van der Waals surface area contributed by atoms with E-state index in [-0.39, 0.29) is 11.7 Å². The molecule has 2 aromatic rings. The van der Waals surface area contributed by atoms with Gasteiger partial charge in [-0.1, -0.05) is 31.0 Å². The molecule has 0 radical (unpaired) electrons. The van der Waals surface area contributed by atoms with Crippen LogP contribution in [0.3, 0.4) is 0 Å². The number of anilines is 1. The van der Waals surface area contributed by atoms with Gasteiger partial charge in [-0.2, -0.15) is 0 Å². The third-order valence-corrected chi connectivity index (χ3v) is 6.02. The number of rotatable bonds is 7. The van der Waals surface area contributed by atoms with Crippen molar-refractivity contribution in [2.24, 2.45) is 0 Å². The van der Waals surface area contributed by atoms with Crippen molar-refractivity contribution in [3.8, 4) is 5.75 Å². The molecule has 6 heteroatoms. The van der Waals surface area contributed by atoms with Crippen LogP contribution in [0, 0.1) is 6.92 Å². The highest BCUT2D eigenvalue weighted by atomic mass is 32.2. The van der Waals surface area contributed by atoms with Crippen molar-refractivity contribution in [2.75, 3.05) is 17.3 Å². The number of amides is 1. The van der Waals surface area contributed by atoms with E-state index in [2.05, 4.69) is 6.92 Å². The van der Waals surface area contributed by atoms with Crippen LogP contribution in [0.15, 0.2) is 60.0 Å². The van der Waals surface area contributed by atoms with Crippen LogP contribution >= 0.6 is 0 Å². The molecule has 1 aliphatic heterocycles. The molecule has 0 N–H and O–H groups in total. The van der Waals surface area contributed by atoms with Gasteiger partial charge in [0.15, 0.2) is 9.84 Å². The van der Waals surface area contributed by atoms with Crippen LogP contribution in [0.5, 0.6) is 5.75 Å². The molecule has 1 atom stereocenters. The van der Waals surface area contributed by atoms with Gasteiger partial charge in [-0.15, -0.1) is 0 Å². The van der Waals surface area contributed by atoms with Gasteiger partial charge in [0.2, 0.25) is 0 Å². The SMILES string of the molecule is CCCCOc1ccc(C(=O)N(c2ccc(C)cc2)C2C=CS(=O)(=O)C2)cc1. The Labute approximate surface area is 166 Å². The summed E-state index contributed by atoms with van der Waals surface area (Å²) in [6, 6.07) is 14.0. The number of carbonyl (C=O) groups is 1. The molecule has 1 unspecified atom stereocenters. The van der Waals surface area contributed by atoms with Crippen molar-refractivity contribution in [1.29, 1.82) is 0 Å². The zero-order valence-corrected chi connectivity index (χ0v) is 17.0. The molecule has 0 spiro atoms. The summed E-state index contributed by atoms with van der Waals surface area (Å²) in [4.78, 5) is 14.8. The van der Waals surface area contributed by atoms with E-state index >= 15 is 0 Å². The maximum Gasteiger partial charge on any atom is 0.258 e. The molecular weight excluding hydrogens is 374 g/mol. The number of hydrogen-bond donors (Lipinski definition) is 0. The lowest BCUT2D eigenvalue weighted by atomic mass is 10.1. The van der Waals surface area contributed by atoms with Crippen molar-refractivity contribution in [1.82, 2.24) is 0 Å².